The highest BCUT2D eigenvalue weighted by Gasteiger charge is 2.13. The van der Waals surface area contributed by atoms with Crippen LogP contribution in [0.1, 0.15) is 0 Å². The molecule has 0 saturated heterocycles. The second kappa shape index (κ2) is 4.77. The van der Waals surface area contributed by atoms with Gasteiger partial charge in [0.1, 0.15) is 12.0 Å². The lowest BCUT2D eigenvalue weighted by atomic mass is 10.2. The molecule has 0 amide bonds. The summed E-state index contributed by atoms with van der Waals surface area (Å²) in [4.78, 5) is 8.69. The Morgan fingerprint density at radius 3 is 2.89 bits per heavy atom. The van der Waals surface area contributed by atoms with Crippen molar-refractivity contribution in [1.82, 2.24) is 34.8 Å². The van der Waals surface area contributed by atoms with Crippen molar-refractivity contribution in [2.24, 2.45) is 7.05 Å². The molecule has 0 atom stereocenters. The lowest BCUT2D eigenvalue weighted by molar-refractivity contribution is 0.597. The van der Waals surface area contributed by atoms with Crippen molar-refractivity contribution in [2.45, 2.75) is 6.54 Å². The van der Waals surface area contributed by atoms with E-state index in [4.69, 9.17) is 0 Å². The predicted molar refractivity (Wildman–Crippen MR) is 71.5 cm³/mol. The summed E-state index contributed by atoms with van der Waals surface area (Å²) >= 11 is 0. The number of aryl methyl sites for hydroxylation is 1. The molecule has 0 aliphatic rings. The summed E-state index contributed by atoms with van der Waals surface area (Å²) in [5.74, 6) is 0. The highest BCUT2D eigenvalue weighted by atomic mass is 15.3. The summed E-state index contributed by atoms with van der Waals surface area (Å²) in [6.07, 6.45) is 5.14. The van der Waals surface area contributed by atoms with Crippen molar-refractivity contribution in [1.29, 1.82) is 0 Å². The van der Waals surface area contributed by atoms with Crippen LogP contribution in [0.2, 0.25) is 0 Å². The summed E-state index contributed by atoms with van der Waals surface area (Å²) in [7, 11) is 3.82. The number of likely N-dealkylation sites (N-methyl/N-ethyl adjacent to an activating group) is 1. The molecule has 0 bridgehead atoms. The fourth-order valence-electron chi connectivity index (χ4n) is 2.08. The Bertz CT molecular complexity index is 697. The first-order valence-corrected chi connectivity index (χ1v) is 6.10. The van der Waals surface area contributed by atoms with Crippen molar-refractivity contribution in [3.05, 3.63) is 24.8 Å². The molecule has 3 rings (SSSR count). The molecule has 0 saturated carbocycles. The van der Waals surface area contributed by atoms with Crippen LogP contribution < -0.4 is 5.32 Å². The number of nitrogens with one attached hydrogen (secondary N) is 1. The summed E-state index contributed by atoms with van der Waals surface area (Å²) in [6, 6.07) is 1.94. The molecule has 3 aromatic rings. The lowest BCUT2D eigenvalue weighted by Crippen LogP contribution is -2.15. The molecule has 0 radical (unpaired) electrons. The van der Waals surface area contributed by atoms with E-state index in [1.807, 2.05) is 31.0 Å². The van der Waals surface area contributed by atoms with Crippen LogP contribution in [-0.2, 0) is 13.6 Å². The van der Waals surface area contributed by atoms with E-state index in [2.05, 4.69) is 25.5 Å². The van der Waals surface area contributed by atoms with E-state index >= 15 is 0 Å². The third kappa shape index (κ3) is 1.97. The minimum atomic E-state index is 0.780. The van der Waals surface area contributed by atoms with E-state index in [0.29, 0.717) is 0 Å². The van der Waals surface area contributed by atoms with Gasteiger partial charge in [0, 0.05) is 19.8 Å². The molecule has 19 heavy (non-hydrogen) atoms. The molecule has 3 heterocycles. The average Bonchev–Trinajstić information content (AvgIpc) is 3.02. The van der Waals surface area contributed by atoms with Gasteiger partial charge in [-0.3, -0.25) is 4.68 Å². The maximum atomic E-state index is 4.38. The minimum Gasteiger partial charge on any atom is -0.318 e. The number of nitrogens with zero attached hydrogens (tertiary/aromatic N) is 6. The zero-order chi connectivity index (χ0) is 13.2. The lowest BCUT2D eigenvalue weighted by Gasteiger charge is -2.04. The Balaban J connectivity index is 2.12. The molecule has 0 aliphatic carbocycles. The van der Waals surface area contributed by atoms with Crippen molar-refractivity contribution < 1.29 is 0 Å². The Hall–Kier alpha value is -2.28. The normalized spacial score (nSPS) is 11.3. The molecular weight excluding hydrogens is 242 g/mol. The van der Waals surface area contributed by atoms with Crippen molar-refractivity contribution >= 4 is 11.0 Å². The number of fused-ring (bicyclic) bond motifs is 1. The molecule has 1 N–H and O–H groups in total. The SMILES string of the molecule is CNCCn1ncc2c(-c3ccnn3C)ncnc21. The second-order valence-corrected chi connectivity index (χ2v) is 4.27. The zero-order valence-corrected chi connectivity index (χ0v) is 10.9. The van der Waals surface area contributed by atoms with Crippen LogP contribution in [0.15, 0.2) is 24.8 Å². The first-order valence-electron chi connectivity index (χ1n) is 6.10. The van der Waals surface area contributed by atoms with E-state index in [1.165, 1.54) is 0 Å². The Morgan fingerprint density at radius 1 is 1.26 bits per heavy atom. The summed E-state index contributed by atoms with van der Waals surface area (Å²) in [5, 5.41) is 12.6. The standard InChI is InChI=1S/C12H15N7/c1-13-5-6-19-12-9(7-17-19)11(14-8-15-12)10-3-4-16-18(10)2/h3-4,7-8,13H,5-6H2,1-2H3. The highest BCUT2D eigenvalue weighted by molar-refractivity contribution is 5.88. The number of aromatic nitrogens is 6. The summed E-state index contributed by atoms with van der Waals surface area (Å²) in [5.41, 5.74) is 2.67. The van der Waals surface area contributed by atoms with Gasteiger partial charge >= 0.3 is 0 Å². The topological polar surface area (TPSA) is 73.5 Å². The van der Waals surface area contributed by atoms with E-state index in [1.54, 1.807) is 17.2 Å². The quantitative estimate of drug-likeness (QED) is 0.734. The van der Waals surface area contributed by atoms with Crippen LogP contribution in [-0.4, -0.2) is 43.1 Å². The minimum absolute atomic E-state index is 0.780. The van der Waals surface area contributed by atoms with Gasteiger partial charge in [-0.25, -0.2) is 14.6 Å². The van der Waals surface area contributed by atoms with Gasteiger partial charge in [-0.05, 0) is 13.1 Å². The predicted octanol–water partition coefficient (Wildman–Crippen LogP) is 0.446. The van der Waals surface area contributed by atoms with Gasteiger partial charge in [-0.15, -0.1) is 0 Å². The van der Waals surface area contributed by atoms with Gasteiger partial charge in [-0.2, -0.15) is 10.2 Å². The van der Waals surface area contributed by atoms with Gasteiger partial charge < -0.3 is 5.32 Å². The maximum Gasteiger partial charge on any atom is 0.161 e. The van der Waals surface area contributed by atoms with E-state index in [9.17, 15) is 0 Å². The molecule has 3 aromatic heterocycles. The van der Waals surface area contributed by atoms with Crippen LogP contribution in [0.5, 0.6) is 0 Å². The van der Waals surface area contributed by atoms with Gasteiger partial charge in [0.25, 0.3) is 0 Å². The maximum absolute atomic E-state index is 4.38. The third-order valence-corrected chi connectivity index (χ3v) is 3.07. The average molecular weight is 257 g/mol. The molecular formula is C12H15N7. The van der Waals surface area contributed by atoms with Crippen LogP contribution >= 0.6 is 0 Å². The van der Waals surface area contributed by atoms with Crippen LogP contribution in [0.3, 0.4) is 0 Å². The fraction of sp³-hybridized carbons (Fsp3) is 0.333. The molecule has 0 spiro atoms. The Kier molecular flexibility index (Phi) is 2.96. The summed E-state index contributed by atoms with van der Waals surface area (Å²) in [6.45, 7) is 1.63. The van der Waals surface area contributed by atoms with Gasteiger partial charge in [0.05, 0.1) is 23.8 Å². The molecule has 0 aromatic carbocycles. The van der Waals surface area contributed by atoms with Crippen molar-refractivity contribution in [2.75, 3.05) is 13.6 Å². The molecule has 7 nitrogen and oxygen atoms in total. The van der Waals surface area contributed by atoms with Crippen LogP contribution in [0.25, 0.3) is 22.4 Å². The largest absolute Gasteiger partial charge is 0.318 e. The monoisotopic (exact) mass is 257 g/mol. The number of hydrogen-bond acceptors (Lipinski definition) is 5. The molecule has 0 aliphatic heterocycles. The number of rotatable bonds is 4. The first kappa shape index (κ1) is 11.8. The summed E-state index contributed by atoms with van der Waals surface area (Å²) < 4.78 is 3.68. The molecule has 0 unspecified atom stereocenters. The van der Waals surface area contributed by atoms with E-state index in [-0.39, 0.29) is 0 Å². The van der Waals surface area contributed by atoms with Gasteiger partial charge in [0.15, 0.2) is 5.65 Å². The van der Waals surface area contributed by atoms with Crippen molar-refractivity contribution in [3.63, 3.8) is 0 Å². The smallest absolute Gasteiger partial charge is 0.161 e. The van der Waals surface area contributed by atoms with Gasteiger partial charge in [0.2, 0.25) is 0 Å². The molecule has 7 heteroatoms. The van der Waals surface area contributed by atoms with E-state index < -0.39 is 0 Å². The van der Waals surface area contributed by atoms with Crippen LogP contribution in [0, 0.1) is 0 Å². The highest BCUT2D eigenvalue weighted by Crippen LogP contribution is 2.23. The van der Waals surface area contributed by atoms with Gasteiger partial charge in [-0.1, -0.05) is 0 Å². The third-order valence-electron chi connectivity index (χ3n) is 3.07. The van der Waals surface area contributed by atoms with E-state index in [0.717, 1.165) is 35.5 Å². The second-order valence-electron chi connectivity index (χ2n) is 4.27. The Labute approximate surface area is 110 Å². The van der Waals surface area contributed by atoms with Crippen LogP contribution in [0.4, 0.5) is 0 Å². The molecule has 0 fully saturated rings. The first-order chi connectivity index (χ1) is 9.31. The van der Waals surface area contributed by atoms with Crippen molar-refractivity contribution in [3.8, 4) is 11.4 Å². The number of hydrogen-bond donors (Lipinski definition) is 1. The molecule has 98 valence electrons. The zero-order valence-electron chi connectivity index (χ0n) is 10.9. The Morgan fingerprint density at radius 2 is 2.16 bits per heavy atom. The fourth-order valence-corrected chi connectivity index (χ4v) is 2.08.